The van der Waals surface area contributed by atoms with Crippen LogP contribution < -0.4 is 15.4 Å². The van der Waals surface area contributed by atoms with Gasteiger partial charge in [0.25, 0.3) is 0 Å². The molecule has 0 aliphatic heterocycles. The topological polar surface area (TPSA) is 62.3 Å². The standard InChI is InChI=1S/C15H17N3O/c1-19-14-9-7-12(8-10-14)11-18(15(16)17)13-5-3-2-4-6-13/h2-10H,11H2,1H3,(H3,16,17). The molecular weight excluding hydrogens is 238 g/mol. The number of benzene rings is 2. The van der Waals surface area contributed by atoms with E-state index in [0.717, 1.165) is 17.0 Å². The van der Waals surface area contributed by atoms with Gasteiger partial charge in [0.2, 0.25) is 0 Å². The van der Waals surface area contributed by atoms with E-state index in [4.69, 9.17) is 15.9 Å². The van der Waals surface area contributed by atoms with E-state index in [-0.39, 0.29) is 5.96 Å². The van der Waals surface area contributed by atoms with Crippen molar-refractivity contribution in [3.63, 3.8) is 0 Å². The fourth-order valence-electron chi connectivity index (χ4n) is 1.84. The van der Waals surface area contributed by atoms with E-state index >= 15 is 0 Å². The number of guanidine groups is 1. The number of nitrogens with two attached hydrogens (primary N) is 1. The summed E-state index contributed by atoms with van der Waals surface area (Å²) in [5.74, 6) is 0.847. The van der Waals surface area contributed by atoms with Crippen molar-refractivity contribution in [2.75, 3.05) is 12.0 Å². The fraction of sp³-hybridized carbons (Fsp3) is 0.133. The second kappa shape index (κ2) is 5.91. The molecule has 98 valence electrons. The molecule has 4 nitrogen and oxygen atoms in total. The van der Waals surface area contributed by atoms with Crippen LogP contribution >= 0.6 is 0 Å². The molecule has 0 aromatic heterocycles. The first kappa shape index (κ1) is 13.0. The van der Waals surface area contributed by atoms with Crippen LogP contribution in [-0.2, 0) is 6.54 Å². The highest BCUT2D eigenvalue weighted by Crippen LogP contribution is 2.18. The van der Waals surface area contributed by atoms with Crippen LogP contribution in [0.4, 0.5) is 5.69 Å². The fourth-order valence-corrected chi connectivity index (χ4v) is 1.84. The Morgan fingerprint density at radius 1 is 1.11 bits per heavy atom. The third-order valence-corrected chi connectivity index (χ3v) is 2.86. The smallest absolute Gasteiger partial charge is 0.193 e. The number of para-hydroxylation sites is 1. The number of hydrogen-bond donors (Lipinski definition) is 2. The first-order chi connectivity index (χ1) is 9.20. The summed E-state index contributed by atoms with van der Waals surface area (Å²) in [5, 5.41) is 7.70. The molecule has 3 N–H and O–H groups in total. The summed E-state index contributed by atoms with van der Waals surface area (Å²) >= 11 is 0. The van der Waals surface area contributed by atoms with Gasteiger partial charge in [0.1, 0.15) is 5.75 Å². The average molecular weight is 255 g/mol. The first-order valence-corrected chi connectivity index (χ1v) is 6.00. The Kier molecular flexibility index (Phi) is 4.03. The summed E-state index contributed by atoms with van der Waals surface area (Å²) in [5.41, 5.74) is 7.63. The van der Waals surface area contributed by atoms with E-state index in [1.807, 2.05) is 54.6 Å². The molecule has 0 bridgehead atoms. The maximum atomic E-state index is 7.70. The molecule has 0 fully saturated rings. The van der Waals surface area contributed by atoms with Crippen molar-refractivity contribution in [1.82, 2.24) is 0 Å². The molecule has 0 heterocycles. The lowest BCUT2D eigenvalue weighted by Crippen LogP contribution is -2.35. The molecular formula is C15H17N3O. The van der Waals surface area contributed by atoms with Crippen LogP contribution in [0.15, 0.2) is 54.6 Å². The predicted octanol–water partition coefficient (Wildman–Crippen LogP) is 2.60. The van der Waals surface area contributed by atoms with Gasteiger partial charge in [0.15, 0.2) is 5.96 Å². The normalized spacial score (nSPS) is 9.95. The van der Waals surface area contributed by atoms with Crippen LogP contribution in [0.1, 0.15) is 5.56 Å². The van der Waals surface area contributed by atoms with Crippen LogP contribution in [0.2, 0.25) is 0 Å². The number of anilines is 1. The molecule has 0 saturated heterocycles. The SMILES string of the molecule is COc1ccc(CN(C(=N)N)c2ccccc2)cc1. The van der Waals surface area contributed by atoms with E-state index in [0.29, 0.717) is 6.54 Å². The molecule has 0 atom stereocenters. The molecule has 2 aromatic carbocycles. The van der Waals surface area contributed by atoms with E-state index in [2.05, 4.69) is 0 Å². The highest BCUT2D eigenvalue weighted by Gasteiger charge is 2.09. The van der Waals surface area contributed by atoms with Crippen molar-refractivity contribution in [3.8, 4) is 5.75 Å². The van der Waals surface area contributed by atoms with E-state index in [9.17, 15) is 0 Å². The number of ether oxygens (including phenoxy) is 1. The zero-order valence-electron chi connectivity index (χ0n) is 10.8. The molecule has 2 rings (SSSR count). The Morgan fingerprint density at radius 3 is 2.26 bits per heavy atom. The number of hydrogen-bond acceptors (Lipinski definition) is 2. The molecule has 0 unspecified atom stereocenters. The molecule has 0 radical (unpaired) electrons. The zero-order chi connectivity index (χ0) is 13.7. The van der Waals surface area contributed by atoms with Gasteiger partial charge in [-0.05, 0) is 29.8 Å². The molecule has 4 heteroatoms. The maximum absolute atomic E-state index is 7.70. The van der Waals surface area contributed by atoms with Crippen molar-refractivity contribution < 1.29 is 4.74 Å². The summed E-state index contributed by atoms with van der Waals surface area (Å²) in [4.78, 5) is 1.75. The average Bonchev–Trinajstić information content (AvgIpc) is 2.46. The molecule has 2 aromatic rings. The van der Waals surface area contributed by atoms with Gasteiger partial charge >= 0.3 is 0 Å². The minimum atomic E-state index is 0.0296. The molecule has 0 aliphatic rings. The molecule has 19 heavy (non-hydrogen) atoms. The number of rotatable bonds is 4. The van der Waals surface area contributed by atoms with Crippen molar-refractivity contribution in [3.05, 3.63) is 60.2 Å². The minimum absolute atomic E-state index is 0.0296. The second-order valence-corrected chi connectivity index (χ2v) is 4.16. The maximum Gasteiger partial charge on any atom is 0.193 e. The molecule has 0 aliphatic carbocycles. The third-order valence-electron chi connectivity index (χ3n) is 2.86. The third kappa shape index (κ3) is 3.25. The van der Waals surface area contributed by atoms with E-state index in [1.165, 1.54) is 0 Å². The van der Waals surface area contributed by atoms with Gasteiger partial charge in [0, 0.05) is 5.69 Å². The monoisotopic (exact) mass is 255 g/mol. The summed E-state index contributed by atoms with van der Waals surface area (Å²) < 4.78 is 5.13. The molecule has 0 spiro atoms. The first-order valence-electron chi connectivity index (χ1n) is 6.00. The number of nitrogens with one attached hydrogen (secondary N) is 1. The van der Waals surface area contributed by atoms with Crippen molar-refractivity contribution in [2.24, 2.45) is 5.73 Å². The van der Waals surface area contributed by atoms with Gasteiger partial charge < -0.3 is 15.4 Å². The van der Waals surface area contributed by atoms with Gasteiger partial charge in [-0.1, -0.05) is 30.3 Å². The summed E-state index contributed by atoms with van der Waals surface area (Å²) in [6.45, 7) is 0.559. The highest BCUT2D eigenvalue weighted by atomic mass is 16.5. The van der Waals surface area contributed by atoms with Crippen molar-refractivity contribution >= 4 is 11.6 Å². The Hall–Kier alpha value is -2.49. The summed E-state index contributed by atoms with van der Waals surface area (Å²) in [6.07, 6.45) is 0. The second-order valence-electron chi connectivity index (χ2n) is 4.16. The van der Waals surface area contributed by atoms with Gasteiger partial charge in [-0.25, -0.2) is 0 Å². The Bertz CT molecular complexity index is 537. The molecule has 0 saturated carbocycles. The lowest BCUT2D eigenvalue weighted by molar-refractivity contribution is 0.414. The van der Waals surface area contributed by atoms with Crippen molar-refractivity contribution in [1.29, 1.82) is 5.41 Å². The van der Waals surface area contributed by atoms with Gasteiger partial charge in [0.05, 0.1) is 13.7 Å². The summed E-state index contributed by atoms with van der Waals surface area (Å²) in [6, 6.07) is 17.4. The predicted molar refractivity (Wildman–Crippen MR) is 77.5 cm³/mol. The van der Waals surface area contributed by atoms with Gasteiger partial charge in [-0.15, -0.1) is 0 Å². The lowest BCUT2D eigenvalue weighted by atomic mass is 10.2. The zero-order valence-corrected chi connectivity index (χ0v) is 10.8. The number of nitrogens with zero attached hydrogens (tertiary/aromatic N) is 1. The quantitative estimate of drug-likeness (QED) is 0.652. The number of methoxy groups -OCH3 is 1. The van der Waals surface area contributed by atoms with E-state index in [1.54, 1.807) is 12.0 Å². The van der Waals surface area contributed by atoms with Crippen LogP contribution in [0.3, 0.4) is 0 Å². The van der Waals surface area contributed by atoms with Crippen LogP contribution in [-0.4, -0.2) is 13.1 Å². The Balaban J connectivity index is 2.19. The Morgan fingerprint density at radius 2 is 1.74 bits per heavy atom. The van der Waals surface area contributed by atoms with Crippen LogP contribution in [0, 0.1) is 5.41 Å². The Labute approximate surface area is 112 Å². The van der Waals surface area contributed by atoms with Gasteiger partial charge in [-0.2, -0.15) is 0 Å². The summed E-state index contributed by atoms with van der Waals surface area (Å²) in [7, 11) is 1.64. The largest absolute Gasteiger partial charge is 0.497 e. The van der Waals surface area contributed by atoms with Crippen LogP contribution in [0.5, 0.6) is 5.75 Å². The lowest BCUT2D eigenvalue weighted by Gasteiger charge is -2.22. The van der Waals surface area contributed by atoms with Crippen molar-refractivity contribution in [2.45, 2.75) is 6.54 Å². The van der Waals surface area contributed by atoms with Gasteiger partial charge in [-0.3, -0.25) is 5.41 Å². The molecule has 0 amide bonds. The van der Waals surface area contributed by atoms with Crippen LogP contribution in [0.25, 0.3) is 0 Å². The minimum Gasteiger partial charge on any atom is -0.497 e. The highest BCUT2D eigenvalue weighted by molar-refractivity contribution is 5.92. The van der Waals surface area contributed by atoms with E-state index < -0.39 is 0 Å².